The average molecular weight is 237 g/mol. The molecule has 2 N–H and O–H groups in total. The lowest BCUT2D eigenvalue weighted by Crippen LogP contribution is -2.01. The van der Waals surface area contributed by atoms with Crippen LogP contribution in [0.3, 0.4) is 0 Å². The number of nitrogens with one attached hydrogen (secondary N) is 2. The van der Waals surface area contributed by atoms with E-state index in [1.54, 1.807) is 0 Å². The van der Waals surface area contributed by atoms with Crippen molar-refractivity contribution in [2.24, 2.45) is 0 Å². The van der Waals surface area contributed by atoms with Crippen LogP contribution in [0.1, 0.15) is 11.3 Å². The highest BCUT2D eigenvalue weighted by Gasteiger charge is 1.98. The molecule has 0 aliphatic rings. The summed E-state index contributed by atoms with van der Waals surface area (Å²) in [5, 5.41) is 4.61. The monoisotopic (exact) mass is 237 g/mol. The second-order valence-electron chi connectivity index (χ2n) is 4.46. The van der Waals surface area contributed by atoms with Crippen molar-refractivity contribution in [2.45, 2.75) is 13.5 Å². The van der Waals surface area contributed by atoms with E-state index in [2.05, 4.69) is 51.7 Å². The summed E-state index contributed by atoms with van der Waals surface area (Å²) in [5.74, 6) is 0. The second-order valence-corrected chi connectivity index (χ2v) is 4.46. The van der Waals surface area contributed by atoms with Crippen molar-refractivity contribution in [1.82, 2.24) is 9.97 Å². The molecule has 90 valence electrons. The molecule has 0 unspecified atom stereocenters. The van der Waals surface area contributed by atoms with Crippen LogP contribution in [0.2, 0.25) is 0 Å². The van der Waals surface area contributed by atoms with E-state index in [4.69, 9.17) is 0 Å². The zero-order valence-corrected chi connectivity index (χ0v) is 10.3. The average Bonchev–Trinajstić information content (AvgIpc) is 2.85. The van der Waals surface area contributed by atoms with Crippen molar-refractivity contribution in [3.8, 4) is 0 Å². The molecule has 0 spiro atoms. The molecule has 3 heteroatoms. The Balaban J connectivity index is 1.74. The van der Waals surface area contributed by atoms with Gasteiger partial charge in [-0.1, -0.05) is 6.07 Å². The van der Waals surface area contributed by atoms with E-state index in [-0.39, 0.29) is 0 Å². The molecule has 18 heavy (non-hydrogen) atoms. The van der Waals surface area contributed by atoms with Crippen LogP contribution in [0.5, 0.6) is 0 Å². The molecule has 0 saturated heterocycles. The van der Waals surface area contributed by atoms with Crippen molar-refractivity contribution in [3.63, 3.8) is 0 Å². The number of aryl methyl sites for hydroxylation is 1. The topological polar surface area (TPSA) is 40.7 Å². The van der Waals surface area contributed by atoms with Crippen molar-refractivity contribution in [3.05, 3.63) is 60.0 Å². The van der Waals surface area contributed by atoms with Gasteiger partial charge in [0.2, 0.25) is 0 Å². The van der Waals surface area contributed by atoms with Crippen LogP contribution < -0.4 is 5.32 Å². The van der Waals surface area contributed by atoms with E-state index < -0.39 is 0 Å². The fourth-order valence-corrected chi connectivity index (χ4v) is 1.96. The summed E-state index contributed by atoms with van der Waals surface area (Å²) in [5.41, 5.74) is 4.51. The molecular formula is C15H15N3. The van der Waals surface area contributed by atoms with Crippen LogP contribution in [-0.2, 0) is 6.54 Å². The van der Waals surface area contributed by atoms with Crippen LogP contribution in [0.25, 0.3) is 10.9 Å². The standard InChI is InChI=1S/C15H15N3/c1-11-2-3-14(17-9-11)10-18-13-4-5-15-12(8-13)6-7-16-15/h2-9,16,18H,10H2,1H3. The second kappa shape index (κ2) is 4.53. The maximum atomic E-state index is 4.38. The van der Waals surface area contributed by atoms with E-state index in [0.717, 1.165) is 23.4 Å². The Morgan fingerprint density at radius 2 is 2.11 bits per heavy atom. The Kier molecular flexibility index (Phi) is 2.73. The van der Waals surface area contributed by atoms with Crippen molar-refractivity contribution >= 4 is 16.6 Å². The molecule has 3 aromatic rings. The quantitative estimate of drug-likeness (QED) is 0.732. The minimum absolute atomic E-state index is 0.746. The largest absolute Gasteiger partial charge is 0.379 e. The van der Waals surface area contributed by atoms with Gasteiger partial charge in [0.25, 0.3) is 0 Å². The molecule has 0 amide bonds. The smallest absolute Gasteiger partial charge is 0.0594 e. The minimum Gasteiger partial charge on any atom is -0.379 e. The van der Waals surface area contributed by atoms with E-state index in [9.17, 15) is 0 Å². The fourth-order valence-electron chi connectivity index (χ4n) is 1.96. The van der Waals surface area contributed by atoms with Crippen LogP contribution in [0.4, 0.5) is 5.69 Å². The van der Waals surface area contributed by atoms with Crippen molar-refractivity contribution in [1.29, 1.82) is 0 Å². The van der Waals surface area contributed by atoms with Gasteiger partial charge >= 0.3 is 0 Å². The molecule has 0 radical (unpaired) electrons. The van der Waals surface area contributed by atoms with Gasteiger partial charge in [-0.2, -0.15) is 0 Å². The van der Waals surface area contributed by atoms with Crippen LogP contribution >= 0.6 is 0 Å². The molecular weight excluding hydrogens is 222 g/mol. The first-order chi connectivity index (χ1) is 8.81. The highest BCUT2D eigenvalue weighted by Crippen LogP contribution is 2.18. The van der Waals surface area contributed by atoms with Crippen molar-refractivity contribution < 1.29 is 0 Å². The molecule has 0 aliphatic carbocycles. The number of hydrogen-bond acceptors (Lipinski definition) is 2. The summed E-state index contributed by atoms with van der Waals surface area (Å²) in [7, 11) is 0. The molecule has 0 atom stereocenters. The van der Waals surface area contributed by atoms with Crippen LogP contribution in [0, 0.1) is 6.92 Å². The number of rotatable bonds is 3. The molecule has 3 rings (SSSR count). The molecule has 0 saturated carbocycles. The molecule has 0 fully saturated rings. The number of aromatic amines is 1. The Morgan fingerprint density at radius 3 is 2.94 bits per heavy atom. The zero-order chi connectivity index (χ0) is 12.4. The van der Waals surface area contributed by atoms with Gasteiger partial charge in [0.05, 0.1) is 12.2 Å². The first-order valence-electron chi connectivity index (χ1n) is 6.04. The number of hydrogen-bond donors (Lipinski definition) is 2. The Bertz CT molecular complexity index is 653. The fraction of sp³-hybridized carbons (Fsp3) is 0.133. The third kappa shape index (κ3) is 2.20. The molecule has 2 aromatic heterocycles. The van der Waals surface area contributed by atoms with E-state index >= 15 is 0 Å². The van der Waals surface area contributed by atoms with Gasteiger partial charge in [-0.05, 0) is 42.8 Å². The number of pyridine rings is 1. The normalized spacial score (nSPS) is 10.7. The molecule has 1 aromatic carbocycles. The predicted octanol–water partition coefficient (Wildman–Crippen LogP) is 3.48. The summed E-state index contributed by atoms with van der Waals surface area (Å²) >= 11 is 0. The molecule has 2 heterocycles. The number of aromatic nitrogens is 2. The first-order valence-corrected chi connectivity index (χ1v) is 6.04. The van der Waals surface area contributed by atoms with Gasteiger partial charge in [0, 0.05) is 29.0 Å². The number of H-pyrrole nitrogens is 1. The van der Waals surface area contributed by atoms with Gasteiger partial charge in [0.15, 0.2) is 0 Å². The first kappa shape index (κ1) is 10.8. The van der Waals surface area contributed by atoms with E-state index in [1.807, 2.05) is 19.3 Å². The summed E-state index contributed by atoms with van der Waals surface area (Å²) < 4.78 is 0. The summed E-state index contributed by atoms with van der Waals surface area (Å²) in [6, 6.07) is 12.5. The van der Waals surface area contributed by atoms with Crippen LogP contribution in [-0.4, -0.2) is 9.97 Å². The maximum Gasteiger partial charge on any atom is 0.0594 e. The molecule has 3 nitrogen and oxygen atoms in total. The Morgan fingerprint density at radius 1 is 1.17 bits per heavy atom. The molecule has 0 aliphatic heterocycles. The minimum atomic E-state index is 0.746. The van der Waals surface area contributed by atoms with Gasteiger partial charge in [-0.15, -0.1) is 0 Å². The third-order valence-corrected chi connectivity index (χ3v) is 3.00. The number of fused-ring (bicyclic) bond motifs is 1. The van der Waals surface area contributed by atoms with Gasteiger partial charge in [-0.25, -0.2) is 0 Å². The maximum absolute atomic E-state index is 4.38. The Hall–Kier alpha value is -2.29. The van der Waals surface area contributed by atoms with Crippen LogP contribution in [0.15, 0.2) is 48.8 Å². The van der Waals surface area contributed by atoms with E-state index in [1.165, 1.54) is 10.9 Å². The Labute approximate surface area is 106 Å². The lowest BCUT2D eigenvalue weighted by molar-refractivity contribution is 1.04. The predicted molar refractivity (Wildman–Crippen MR) is 74.6 cm³/mol. The third-order valence-electron chi connectivity index (χ3n) is 3.00. The number of anilines is 1. The summed E-state index contributed by atoms with van der Waals surface area (Å²) in [4.78, 5) is 7.56. The summed E-state index contributed by atoms with van der Waals surface area (Å²) in [6.45, 7) is 2.79. The van der Waals surface area contributed by atoms with E-state index in [0.29, 0.717) is 0 Å². The lowest BCUT2D eigenvalue weighted by Gasteiger charge is -2.06. The van der Waals surface area contributed by atoms with Gasteiger partial charge in [-0.3, -0.25) is 4.98 Å². The highest BCUT2D eigenvalue weighted by molar-refractivity contribution is 5.82. The number of nitrogens with zero attached hydrogens (tertiary/aromatic N) is 1. The van der Waals surface area contributed by atoms with Crippen molar-refractivity contribution in [2.75, 3.05) is 5.32 Å². The highest BCUT2D eigenvalue weighted by atomic mass is 14.9. The molecule has 0 bridgehead atoms. The van der Waals surface area contributed by atoms with Gasteiger partial charge < -0.3 is 10.3 Å². The number of benzene rings is 1. The SMILES string of the molecule is Cc1ccc(CNc2ccc3[nH]ccc3c2)nc1. The zero-order valence-electron chi connectivity index (χ0n) is 10.3. The summed E-state index contributed by atoms with van der Waals surface area (Å²) in [6.07, 6.45) is 3.85. The van der Waals surface area contributed by atoms with Gasteiger partial charge in [0.1, 0.15) is 0 Å². The lowest BCUT2D eigenvalue weighted by atomic mass is 10.2.